The van der Waals surface area contributed by atoms with Gasteiger partial charge in [-0.3, -0.25) is 9.78 Å². The minimum atomic E-state index is -0.146. The van der Waals surface area contributed by atoms with Crippen molar-refractivity contribution in [1.29, 1.82) is 0 Å². The van der Waals surface area contributed by atoms with E-state index < -0.39 is 0 Å². The van der Waals surface area contributed by atoms with E-state index in [9.17, 15) is 4.79 Å². The highest BCUT2D eigenvalue weighted by atomic mass is 16.5. The number of carbonyl (C=O) groups excluding carboxylic acids is 1. The molecule has 1 aliphatic rings. The van der Waals surface area contributed by atoms with Crippen LogP contribution in [0.2, 0.25) is 0 Å². The maximum absolute atomic E-state index is 12.5. The van der Waals surface area contributed by atoms with Crippen LogP contribution < -0.4 is 15.4 Å². The highest BCUT2D eigenvalue weighted by Gasteiger charge is 2.20. The fourth-order valence-electron chi connectivity index (χ4n) is 2.34. The Morgan fingerprint density at radius 1 is 1.38 bits per heavy atom. The molecule has 0 spiro atoms. The molecule has 0 radical (unpaired) electrons. The van der Waals surface area contributed by atoms with Crippen LogP contribution in [0, 0.1) is 0 Å². The SMILES string of the molecule is C[C@H](NC(=O)c1cccc2c1OCCN2)c1cccnc1. The summed E-state index contributed by atoms with van der Waals surface area (Å²) in [5.74, 6) is 0.478. The highest BCUT2D eigenvalue weighted by Crippen LogP contribution is 2.31. The normalized spacial score (nSPS) is 14.3. The average Bonchev–Trinajstić information content (AvgIpc) is 2.55. The van der Waals surface area contributed by atoms with Crippen LogP contribution in [0.4, 0.5) is 5.69 Å². The van der Waals surface area contributed by atoms with Gasteiger partial charge in [0.25, 0.3) is 5.91 Å². The number of nitrogens with one attached hydrogen (secondary N) is 2. The van der Waals surface area contributed by atoms with Crippen molar-refractivity contribution in [3.05, 3.63) is 53.9 Å². The summed E-state index contributed by atoms with van der Waals surface area (Å²) in [5, 5.41) is 6.20. The number of rotatable bonds is 3. The Hall–Kier alpha value is -2.56. The second kappa shape index (κ2) is 5.83. The lowest BCUT2D eigenvalue weighted by atomic mass is 10.1. The van der Waals surface area contributed by atoms with Gasteiger partial charge in [0, 0.05) is 18.9 Å². The molecule has 21 heavy (non-hydrogen) atoms. The van der Waals surface area contributed by atoms with Crippen molar-refractivity contribution in [2.75, 3.05) is 18.5 Å². The number of para-hydroxylation sites is 1. The number of benzene rings is 1. The van der Waals surface area contributed by atoms with Gasteiger partial charge in [-0.1, -0.05) is 12.1 Å². The van der Waals surface area contributed by atoms with Crippen LogP contribution >= 0.6 is 0 Å². The van der Waals surface area contributed by atoms with Gasteiger partial charge in [-0.15, -0.1) is 0 Å². The number of amides is 1. The van der Waals surface area contributed by atoms with E-state index >= 15 is 0 Å². The van der Waals surface area contributed by atoms with Crippen LogP contribution in [0.1, 0.15) is 28.9 Å². The van der Waals surface area contributed by atoms with Crippen molar-refractivity contribution in [3.8, 4) is 5.75 Å². The maximum Gasteiger partial charge on any atom is 0.255 e. The zero-order chi connectivity index (χ0) is 14.7. The predicted molar refractivity (Wildman–Crippen MR) is 80.5 cm³/mol. The van der Waals surface area contributed by atoms with Crippen LogP contribution in [0.15, 0.2) is 42.7 Å². The van der Waals surface area contributed by atoms with Crippen molar-refractivity contribution in [1.82, 2.24) is 10.3 Å². The molecule has 2 N–H and O–H groups in total. The van der Waals surface area contributed by atoms with E-state index in [1.807, 2.05) is 31.2 Å². The number of aromatic nitrogens is 1. The highest BCUT2D eigenvalue weighted by molar-refractivity contribution is 5.99. The van der Waals surface area contributed by atoms with Gasteiger partial charge in [0.15, 0.2) is 5.75 Å². The molecule has 1 atom stereocenters. The molecule has 2 aromatic rings. The first-order valence-electron chi connectivity index (χ1n) is 6.96. The Labute approximate surface area is 123 Å². The molecule has 0 bridgehead atoms. The third-order valence-corrected chi connectivity index (χ3v) is 3.46. The molecule has 108 valence electrons. The summed E-state index contributed by atoms with van der Waals surface area (Å²) in [4.78, 5) is 16.5. The van der Waals surface area contributed by atoms with Crippen molar-refractivity contribution < 1.29 is 9.53 Å². The van der Waals surface area contributed by atoms with E-state index in [2.05, 4.69) is 15.6 Å². The summed E-state index contributed by atoms with van der Waals surface area (Å²) in [7, 11) is 0. The number of fused-ring (bicyclic) bond motifs is 1. The maximum atomic E-state index is 12.5. The molecule has 0 saturated carbocycles. The Morgan fingerprint density at radius 2 is 2.29 bits per heavy atom. The van der Waals surface area contributed by atoms with Gasteiger partial charge in [0.05, 0.1) is 17.3 Å². The van der Waals surface area contributed by atoms with Gasteiger partial charge in [-0.25, -0.2) is 0 Å². The minimum absolute atomic E-state index is 0.112. The first kappa shape index (κ1) is 13.4. The molecule has 0 unspecified atom stereocenters. The molecule has 0 fully saturated rings. The molecular formula is C16H17N3O2. The smallest absolute Gasteiger partial charge is 0.255 e. The number of ether oxygens (including phenoxy) is 1. The molecule has 5 nitrogen and oxygen atoms in total. The Balaban J connectivity index is 1.80. The third kappa shape index (κ3) is 2.81. The Bertz CT molecular complexity index is 643. The van der Waals surface area contributed by atoms with E-state index in [1.165, 1.54) is 0 Å². The lowest BCUT2D eigenvalue weighted by molar-refractivity contribution is 0.0935. The van der Waals surface area contributed by atoms with E-state index in [0.717, 1.165) is 17.8 Å². The van der Waals surface area contributed by atoms with Gasteiger partial charge in [0.1, 0.15) is 6.61 Å². The number of hydrogen-bond acceptors (Lipinski definition) is 4. The second-order valence-electron chi connectivity index (χ2n) is 4.94. The van der Waals surface area contributed by atoms with Gasteiger partial charge in [-0.05, 0) is 30.7 Å². The van der Waals surface area contributed by atoms with Crippen LogP contribution in [0.3, 0.4) is 0 Å². The lowest BCUT2D eigenvalue weighted by Crippen LogP contribution is -2.28. The second-order valence-corrected chi connectivity index (χ2v) is 4.94. The van der Waals surface area contributed by atoms with Crippen LogP contribution in [-0.2, 0) is 0 Å². The van der Waals surface area contributed by atoms with Crippen LogP contribution in [0.5, 0.6) is 5.75 Å². The van der Waals surface area contributed by atoms with E-state index in [-0.39, 0.29) is 11.9 Å². The average molecular weight is 283 g/mol. The van der Waals surface area contributed by atoms with Gasteiger partial charge in [-0.2, -0.15) is 0 Å². The Morgan fingerprint density at radius 3 is 3.10 bits per heavy atom. The standard InChI is InChI=1S/C16H17N3O2/c1-11(12-4-3-7-17-10-12)19-16(20)13-5-2-6-14-15(13)21-9-8-18-14/h2-7,10-11,18H,8-9H2,1H3,(H,19,20)/t11-/m0/s1. The summed E-state index contributed by atoms with van der Waals surface area (Å²) in [6.45, 7) is 3.25. The van der Waals surface area contributed by atoms with E-state index in [1.54, 1.807) is 18.5 Å². The molecule has 1 aromatic carbocycles. The van der Waals surface area contributed by atoms with E-state index in [0.29, 0.717) is 17.9 Å². The quantitative estimate of drug-likeness (QED) is 0.908. The summed E-state index contributed by atoms with van der Waals surface area (Å²) in [5.41, 5.74) is 2.38. The zero-order valence-corrected chi connectivity index (χ0v) is 11.8. The molecule has 2 heterocycles. The summed E-state index contributed by atoms with van der Waals surface area (Å²) in [6.07, 6.45) is 3.47. The summed E-state index contributed by atoms with van der Waals surface area (Å²) >= 11 is 0. The fourth-order valence-corrected chi connectivity index (χ4v) is 2.34. The van der Waals surface area contributed by atoms with E-state index in [4.69, 9.17) is 4.74 Å². The number of hydrogen-bond donors (Lipinski definition) is 2. The third-order valence-electron chi connectivity index (χ3n) is 3.46. The summed E-state index contributed by atoms with van der Waals surface area (Å²) in [6, 6.07) is 9.22. The largest absolute Gasteiger partial charge is 0.489 e. The molecule has 3 rings (SSSR count). The molecule has 1 aliphatic heterocycles. The monoisotopic (exact) mass is 283 g/mol. The van der Waals surface area contributed by atoms with Crippen molar-refractivity contribution in [2.45, 2.75) is 13.0 Å². The predicted octanol–water partition coefficient (Wildman–Crippen LogP) is 2.38. The molecule has 5 heteroatoms. The van der Waals surface area contributed by atoms with Crippen LogP contribution in [-0.4, -0.2) is 24.0 Å². The number of anilines is 1. The molecule has 1 aromatic heterocycles. The molecule has 0 aliphatic carbocycles. The topological polar surface area (TPSA) is 63.2 Å². The van der Waals surface area contributed by atoms with Crippen molar-refractivity contribution >= 4 is 11.6 Å². The summed E-state index contributed by atoms with van der Waals surface area (Å²) < 4.78 is 5.63. The number of pyridine rings is 1. The van der Waals surface area contributed by atoms with Gasteiger partial charge < -0.3 is 15.4 Å². The first-order chi connectivity index (χ1) is 10.3. The molecule has 1 amide bonds. The van der Waals surface area contributed by atoms with Crippen molar-refractivity contribution in [3.63, 3.8) is 0 Å². The first-order valence-corrected chi connectivity index (χ1v) is 6.96. The van der Waals surface area contributed by atoms with Crippen LogP contribution in [0.25, 0.3) is 0 Å². The van der Waals surface area contributed by atoms with Gasteiger partial charge >= 0.3 is 0 Å². The Kier molecular flexibility index (Phi) is 3.73. The lowest BCUT2D eigenvalue weighted by Gasteiger charge is -2.22. The fraction of sp³-hybridized carbons (Fsp3) is 0.250. The molecular weight excluding hydrogens is 266 g/mol. The zero-order valence-electron chi connectivity index (χ0n) is 11.8. The number of nitrogens with zero attached hydrogens (tertiary/aromatic N) is 1. The van der Waals surface area contributed by atoms with Gasteiger partial charge in [0.2, 0.25) is 0 Å². The number of carbonyl (C=O) groups is 1. The molecule has 0 saturated heterocycles. The van der Waals surface area contributed by atoms with Crippen molar-refractivity contribution in [2.24, 2.45) is 0 Å². The minimum Gasteiger partial charge on any atom is -0.489 e.